The fraction of sp³-hybridized carbons (Fsp3) is 0.161. The molecule has 0 aliphatic carbocycles. The summed E-state index contributed by atoms with van der Waals surface area (Å²) in [6, 6.07) is 15.6. The number of aromatic nitrogens is 3. The Bertz CT molecular complexity index is 1840. The van der Waals surface area contributed by atoms with E-state index in [1.54, 1.807) is 12.1 Å². The normalized spacial score (nSPS) is 11.0. The lowest BCUT2D eigenvalue weighted by molar-refractivity contribution is 0.0990. The Morgan fingerprint density at radius 2 is 1.67 bits per heavy atom. The lowest BCUT2D eigenvalue weighted by Gasteiger charge is -2.14. The fourth-order valence-corrected chi connectivity index (χ4v) is 4.45. The number of ketones is 1. The molecular weight excluding hydrogens is 548 g/mol. The number of hydrogen-bond acceptors (Lipinski definition) is 8. The van der Waals surface area contributed by atoms with Gasteiger partial charge in [0.25, 0.3) is 11.4 Å². The summed E-state index contributed by atoms with van der Waals surface area (Å²) in [5, 5.41) is 0. The highest BCUT2D eigenvalue weighted by atomic mass is 19.1. The number of carbonyl (C=O) groups excluding carboxylic acids is 1. The summed E-state index contributed by atoms with van der Waals surface area (Å²) < 4.78 is 51.5. The summed E-state index contributed by atoms with van der Waals surface area (Å²) in [5.74, 6) is -0.962. The van der Waals surface area contributed by atoms with Gasteiger partial charge in [-0.3, -0.25) is 19.1 Å². The minimum absolute atomic E-state index is 0.0936. The molecule has 0 radical (unpaired) electrons. The smallest absolute Gasteiger partial charge is 0.266 e. The standard InChI is InChI=1S/C31H25F2N3O6/c1-39-17-21-9-10-22(31(38)36(21)20-7-5-19(32)6-8-20)25(37)15-18-4-11-26(23(33)14-18)42-27-12-13-34-24-16-28(40-2)30(41-3)35-29(24)27/h4-14,16H,15,17H2,1-3H3. The fourth-order valence-electron chi connectivity index (χ4n) is 4.45. The lowest BCUT2D eigenvalue weighted by Crippen LogP contribution is -2.28. The first-order chi connectivity index (χ1) is 20.3. The monoisotopic (exact) mass is 573 g/mol. The van der Waals surface area contributed by atoms with Crippen molar-refractivity contribution in [2.45, 2.75) is 13.0 Å². The molecule has 0 saturated carbocycles. The first-order valence-corrected chi connectivity index (χ1v) is 12.7. The number of halogens is 2. The van der Waals surface area contributed by atoms with Crippen molar-refractivity contribution in [1.82, 2.24) is 14.5 Å². The largest absolute Gasteiger partial charge is 0.491 e. The Balaban J connectivity index is 1.41. The van der Waals surface area contributed by atoms with Gasteiger partial charge >= 0.3 is 0 Å². The number of pyridine rings is 3. The van der Waals surface area contributed by atoms with Gasteiger partial charge in [0.2, 0.25) is 0 Å². The molecule has 0 unspecified atom stereocenters. The SMILES string of the molecule is COCc1ccc(C(=O)Cc2ccc(Oc3ccnc4cc(OC)c(OC)nc34)c(F)c2)c(=O)n1-c1ccc(F)cc1. The predicted molar refractivity (Wildman–Crippen MR) is 150 cm³/mol. The van der Waals surface area contributed by atoms with E-state index in [0.29, 0.717) is 33.7 Å². The molecule has 0 atom stereocenters. The number of nitrogens with zero attached hydrogens (tertiary/aromatic N) is 3. The zero-order chi connectivity index (χ0) is 29.8. The van der Waals surface area contributed by atoms with Gasteiger partial charge in [-0.25, -0.2) is 13.8 Å². The lowest BCUT2D eigenvalue weighted by atomic mass is 10.0. The minimum Gasteiger partial charge on any atom is -0.491 e. The molecule has 0 fully saturated rings. The van der Waals surface area contributed by atoms with E-state index >= 15 is 4.39 Å². The highest BCUT2D eigenvalue weighted by Crippen LogP contribution is 2.34. The maximum absolute atomic E-state index is 15.2. The number of ether oxygens (including phenoxy) is 4. The van der Waals surface area contributed by atoms with Crippen LogP contribution < -0.4 is 19.8 Å². The Labute approximate surface area is 238 Å². The minimum atomic E-state index is -0.718. The van der Waals surface area contributed by atoms with Crippen LogP contribution in [0.25, 0.3) is 16.7 Å². The van der Waals surface area contributed by atoms with Gasteiger partial charge in [0, 0.05) is 37.5 Å². The van der Waals surface area contributed by atoms with E-state index < -0.39 is 23.0 Å². The van der Waals surface area contributed by atoms with Crippen molar-refractivity contribution in [3.05, 3.63) is 112 Å². The maximum Gasteiger partial charge on any atom is 0.266 e. The quantitative estimate of drug-likeness (QED) is 0.204. The van der Waals surface area contributed by atoms with Crippen LogP contribution in [-0.4, -0.2) is 41.6 Å². The summed E-state index contributed by atoms with van der Waals surface area (Å²) in [7, 11) is 4.40. The molecule has 11 heteroatoms. The number of Topliss-reactive ketones (excluding diaryl/α,β-unsaturated/α-hetero) is 1. The maximum atomic E-state index is 15.2. The molecule has 3 aromatic heterocycles. The highest BCUT2D eigenvalue weighted by Gasteiger charge is 2.19. The van der Waals surface area contributed by atoms with Crippen LogP contribution in [0.5, 0.6) is 23.1 Å². The van der Waals surface area contributed by atoms with Crippen molar-refractivity contribution in [1.29, 1.82) is 0 Å². The molecule has 0 spiro atoms. The molecule has 0 aliphatic rings. The van der Waals surface area contributed by atoms with E-state index in [-0.39, 0.29) is 36.0 Å². The van der Waals surface area contributed by atoms with E-state index in [9.17, 15) is 14.0 Å². The first-order valence-electron chi connectivity index (χ1n) is 12.7. The molecule has 214 valence electrons. The number of benzene rings is 2. The molecule has 0 N–H and O–H groups in total. The first kappa shape index (κ1) is 28.4. The van der Waals surface area contributed by atoms with Crippen LogP contribution in [0.2, 0.25) is 0 Å². The average molecular weight is 574 g/mol. The van der Waals surface area contributed by atoms with Gasteiger partial charge in [0.15, 0.2) is 28.8 Å². The third-order valence-corrected chi connectivity index (χ3v) is 6.44. The third-order valence-electron chi connectivity index (χ3n) is 6.44. The van der Waals surface area contributed by atoms with Crippen molar-refractivity contribution < 1.29 is 32.5 Å². The van der Waals surface area contributed by atoms with Crippen LogP contribution in [-0.2, 0) is 17.8 Å². The number of carbonyl (C=O) groups is 1. The third kappa shape index (κ3) is 5.68. The van der Waals surface area contributed by atoms with Crippen LogP contribution in [0, 0.1) is 11.6 Å². The van der Waals surface area contributed by atoms with Crippen molar-refractivity contribution in [3.63, 3.8) is 0 Å². The van der Waals surface area contributed by atoms with Crippen molar-refractivity contribution >= 4 is 16.8 Å². The predicted octanol–water partition coefficient (Wildman–Crippen LogP) is 5.44. The average Bonchev–Trinajstić information content (AvgIpc) is 2.99. The molecule has 0 amide bonds. The zero-order valence-electron chi connectivity index (χ0n) is 22.9. The van der Waals surface area contributed by atoms with Gasteiger partial charge in [-0.15, -0.1) is 0 Å². The second kappa shape index (κ2) is 12.1. The van der Waals surface area contributed by atoms with Gasteiger partial charge in [-0.2, -0.15) is 0 Å². The number of fused-ring (bicyclic) bond motifs is 1. The zero-order valence-corrected chi connectivity index (χ0v) is 22.9. The van der Waals surface area contributed by atoms with E-state index in [0.717, 1.165) is 0 Å². The van der Waals surface area contributed by atoms with Gasteiger partial charge in [0.1, 0.15) is 11.3 Å². The molecule has 3 heterocycles. The summed E-state index contributed by atoms with van der Waals surface area (Å²) >= 11 is 0. The van der Waals surface area contributed by atoms with Gasteiger partial charge in [-0.1, -0.05) is 6.07 Å². The summed E-state index contributed by atoms with van der Waals surface area (Å²) in [6.45, 7) is 0.0936. The molecule has 0 saturated heterocycles. The van der Waals surface area contributed by atoms with Gasteiger partial charge in [0.05, 0.1) is 37.6 Å². The molecule has 5 rings (SSSR count). The van der Waals surface area contributed by atoms with Crippen LogP contribution in [0.1, 0.15) is 21.6 Å². The Kier molecular flexibility index (Phi) is 8.21. The second-order valence-corrected chi connectivity index (χ2v) is 9.13. The van der Waals surface area contributed by atoms with Gasteiger partial charge < -0.3 is 18.9 Å². The van der Waals surface area contributed by atoms with E-state index in [1.807, 2.05) is 0 Å². The number of methoxy groups -OCH3 is 3. The second-order valence-electron chi connectivity index (χ2n) is 9.13. The van der Waals surface area contributed by atoms with E-state index in [2.05, 4.69) is 9.97 Å². The molecule has 42 heavy (non-hydrogen) atoms. The molecule has 9 nitrogen and oxygen atoms in total. The van der Waals surface area contributed by atoms with Crippen LogP contribution in [0.15, 0.2) is 77.7 Å². The Hall–Kier alpha value is -5.16. The van der Waals surface area contributed by atoms with Crippen molar-refractivity contribution in [3.8, 4) is 28.8 Å². The van der Waals surface area contributed by atoms with Crippen LogP contribution in [0.4, 0.5) is 8.78 Å². The van der Waals surface area contributed by atoms with Crippen molar-refractivity contribution in [2.75, 3.05) is 21.3 Å². The topological polar surface area (TPSA) is 102 Å². The van der Waals surface area contributed by atoms with Crippen molar-refractivity contribution in [2.24, 2.45) is 0 Å². The van der Waals surface area contributed by atoms with Crippen LogP contribution in [0.3, 0.4) is 0 Å². The summed E-state index contributed by atoms with van der Waals surface area (Å²) in [5.41, 5.74) is 1.29. The summed E-state index contributed by atoms with van der Waals surface area (Å²) in [4.78, 5) is 35.2. The Morgan fingerprint density at radius 3 is 2.36 bits per heavy atom. The molecule has 5 aromatic rings. The number of rotatable bonds is 10. The molecule has 0 aliphatic heterocycles. The molecule has 0 bridgehead atoms. The van der Waals surface area contributed by atoms with Gasteiger partial charge in [-0.05, 0) is 54.1 Å². The molecular formula is C31H25F2N3O6. The Morgan fingerprint density at radius 1 is 0.881 bits per heavy atom. The number of hydrogen-bond donors (Lipinski definition) is 0. The summed E-state index contributed by atoms with van der Waals surface area (Å²) in [6.07, 6.45) is 1.25. The van der Waals surface area contributed by atoms with E-state index in [1.165, 1.54) is 86.7 Å². The highest BCUT2D eigenvalue weighted by molar-refractivity contribution is 5.97. The molecule has 2 aromatic carbocycles. The van der Waals surface area contributed by atoms with E-state index in [4.69, 9.17) is 18.9 Å². The van der Waals surface area contributed by atoms with Crippen LogP contribution >= 0.6 is 0 Å².